The lowest BCUT2D eigenvalue weighted by Gasteiger charge is -2.39. The van der Waals surface area contributed by atoms with Crippen LogP contribution in [-0.2, 0) is 5.41 Å². The molecule has 1 aromatic rings. The summed E-state index contributed by atoms with van der Waals surface area (Å²) < 4.78 is 0.970. The second-order valence-corrected chi connectivity index (χ2v) is 5.46. The Balaban J connectivity index is 2.27. The highest BCUT2D eigenvalue weighted by molar-refractivity contribution is 9.11. The molecule has 0 unspecified atom stereocenters. The second kappa shape index (κ2) is 3.09. The lowest BCUT2D eigenvalue weighted by molar-refractivity contribution is 0.247. The van der Waals surface area contributed by atoms with Gasteiger partial charge in [0.2, 0.25) is 0 Å². The van der Waals surface area contributed by atoms with Crippen LogP contribution in [0.2, 0.25) is 0 Å². The zero-order valence-corrected chi connectivity index (χ0v) is 9.12. The van der Waals surface area contributed by atoms with E-state index in [2.05, 4.69) is 26.3 Å². The van der Waals surface area contributed by atoms with Gasteiger partial charge in [0.1, 0.15) is 0 Å². The topological polar surface area (TPSA) is 38.9 Å². The van der Waals surface area contributed by atoms with Crippen LogP contribution in [0.25, 0.3) is 0 Å². The quantitative estimate of drug-likeness (QED) is 0.870. The number of nitrogens with zero attached hydrogens (tertiary/aromatic N) is 1. The average Bonchev–Trinajstić information content (AvgIpc) is 2.35. The van der Waals surface area contributed by atoms with E-state index in [9.17, 15) is 0 Å². The Kier molecular flexibility index (Phi) is 2.23. The van der Waals surface area contributed by atoms with E-state index in [4.69, 9.17) is 5.73 Å². The number of thiazole rings is 1. The van der Waals surface area contributed by atoms with Crippen molar-refractivity contribution in [2.75, 3.05) is 6.54 Å². The van der Waals surface area contributed by atoms with Gasteiger partial charge < -0.3 is 5.73 Å². The lowest BCUT2D eigenvalue weighted by Crippen LogP contribution is -2.41. The van der Waals surface area contributed by atoms with E-state index in [1.165, 1.54) is 25.0 Å². The molecule has 0 spiro atoms. The van der Waals surface area contributed by atoms with E-state index < -0.39 is 0 Å². The Morgan fingerprint density at radius 2 is 2.42 bits per heavy atom. The van der Waals surface area contributed by atoms with Gasteiger partial charge in [0.15, 0.2) is 3.92 Å². The molecule has 66 valence electrons. The monoisotopic (exact) mass is 246 g/mol. The Hall–Kier alpha value is 0.0700. The Bertz CT molecular complexity index is 275. The van der Waals surface area contributed by atoms with Gasteiger partial charge in [-0.1, -0.05) is 6.42 Å². The molecule has 1 heterocycles. The van der Waals surface area contributed by atoms with Crippen LogP contribution < -0.4 is 5.73 Å². The average molecular weight is 247 g/mol. The molecule has 0 saturated heterocycles. The first kappa shape index (κ1) is 8.66. The van der Waals surface area contributed by atoms with Crippen LogP contribution >= 0.6 is 27.3 Å². The molecule has 1 aliphatic rings. The van der Waals surface area contributed by atoms with Crippen LogP contribution in [0, 0.1) is 0 Å². The highest BCUT2D eigenvalue weighted by Crippen LogP contribution is 2.43. The first-order chi connectivity index (χ1) is 5.77. The van der Waals surface area contributed by atoms with Crippen LogP contribution in [0.5, 0.6) is 0 Å². The molecule has 0 bridgehead atoms. The summed E-state index contributed by atoms with van der Waals surface area (Å²) in [5.41, 5.74) is 7.17. The van der Waals surface area contributed by atoms with Crippen molar-refractivity contribution in [3.05, 3.63) is 15.0 Å². The van der Waals surface area contributed by atoms with Gasteiger partial charge in [0, 0.05) is 17.3 Å². The zero-order chi connectivity index (χ0) is 8.60. The summed E-state index contributed by atoms with van der Waals surface area (Å²) in [6.07, 6.45) is 3.71. The van der Waals surface area contributed by atoms with Gasteiger partial charge in [-0.15, -0.1) is 11.3 Å². The van der Waals surface area contributed by atoms with Gasteiger partial charge in [-0.3, -0.25) is 0 Å². The fourth-order valence-electron chi connectivity index (χ4n) is 1.66. The fraction of sp³-hybridized carbons (Fsp3) is 0.625. The maximum atomic E-state index is 5.76. The summed E-state index contributed by atoms with van der Waals surface area (Å²) >= 11 is 5.02. The number of hydrogen-bond acceptors (Lipinski definition) is 3. The SMILES string of the molecule is NCC1(c2csc(Br)n2)CCC1. The van der Waals surface area contributed by atoms with E-state index in [1.807, 2.05) is 0 Å². The highest BCUT2D eigenvalue weighted by Gasteiger charge is 2.39. The molecule has 0 aromatic carbocycles. The molecule has 1 aromatic heterocycles. The molecule has 4 heteroatoms. The molecule has 0 atom stereocenters. The maximum absolute atomic E-state index is 5.76. The summed E-state index contributed by atoms with van der Waals surface area (Å²) in [6, 6.07) is 0. The van der Waals surface area contributed by atoms with Gasteiger partial charge in [-0.05, 0) is 28.8 Å². The van der Waals surface area contributed by atoms with Crippen LogP contribution in [0.15, 0.2) is 9.30 Å². The standard InChI is InChI=1S/C8H11BrN2S/c9-7-11-6(4-12-7)8(5-10)2-1-3-8/h4H,1-3,5,10H2. The van der Waals surface area contributed by atoms with E-state index in [0.29, 0.717) is 0 Å². The summed E-state index contributed by atoms with van der Waals surface area (Å²) in [4.78, 5) is 4.43. The molecule has 12 heavy (non-hydrogen) atoms. The summed E-state index contributed by atoms with van der Waals surface area (Å²) in [7, 11) is 0. The number of halogens is 1. The van der Waals surface area contributed by atoms with Crippen LogP contribution in [0.1, 0.15) is 25.0 Å². The van der Waals surface area contributed by atoms with Crippen molar-refractivity contribution < 1.29 is 0 Å². The van der Waals surface area contributed by atoms with Crippen molar-refractivity contribution in [2.24, 2.45) is 5.73 Å². The van der Waals surface area contributed by atoms with Gasteiger partial charge >= 0.3 is 0 Å². The molecule has 2 nitrogen and oxygen atoms in total. The number of nitrogens with two attached hydrogens (primary N) is 1. The number of aromatic nitrogens is 1. The van der Waals surface area contributed by atoms with E-state index >= 15 is 0 Å². The molecule has 0 radical (unpaired) electrons. The van der Waals surface area contributed by atoms with Crippen molar-refractivity contribution in [1.82, 2.24) is 4.98 Å². The summed E-state index contributed by atoms with van der Waals surface area (Å²) in [5.74, 6) is 0. The molecule has 0 amide bonds. The van der Waals surface area contributed by atoms with Gasteiger partial charge in [-0.2, -0.15) is 0 Å². The normalized spacial score (nSPS) is 20.5. The predicted octanol–water partition coefficient (Wildman–Crippen LogP) is 2.29. The van der Waals surface area contributed by atoms with Crippen molar-refractivity contribution in [2.45, 2.75) is 24.7 Å². The van der Waals surface area contributed by atoms with Crippen LogP contribution in [0.4, 0.5) is 0 Å². The summed E-state index contributed by atoms with van der Waals surface area (Å²) in [6.45, 7) is 0.739. The predicted molar refractivity (Wildman–Crippen MR) is 54.4 cm³/mol. The Morgan fingerprint density at radius 3 is 2.75 bits per heavy atom. The van der Waals surface area contributed by atoms with Crippen molar-refractivity contribution in [1.29, 1.82) is 0 Å². The second-order valence-electron chi connectivity index (χ2n) is 3.32. The number of hydrogen-bond donors (Lipinski definition) is 1. The van der Waals surface area contributed by atoms with E-state index in [1.54, 1.807) is 11.3 Å². The zero-order valence-electron chi connectivity index (χ0n) is 6.72. The third-order valence-corrected chi connectivity index (χ3v) is 4.09. The lowest BCUT2D eigenvalue weighted by atomic mass is 9.67. The minimum atomic E-state index is 0.225. The van der Waals surface area contributed by atoms with Crippen LogP contribution in [-0.4, -0.2) is 11.5 Å². The third-order valence-electron chi connectivity index (χ3n) is 2.72. The smallest absolute Gasteiger partial charge is 0.159 e. The van der Waals surface area contributed by atoms with Crippen molar-refractivity contribution in [3.63, 3.8) is 0 Å². The van der Waals surface area contributed by atoms with Crippen LogP contribution in [0.3, 0.4) is 0 Å². The molecular formula is C8H11BrN2S. The summed E-state index contributed by atoms with van der Waals surface area (Å²) in [5, 5.41) is 2.12. The van der Waals surface area contributed by atoms with Crippen molar-refractivity contribution in [3.8, 4) is 0 Å². The molecule has 1 saturated carbocycles. The minimum Gasteiger partial charge on any atom is -0.330 e. The largest absolute Gasteiger partial charge is 0.330 e. The van der Waals surface area contributed by atoms with E-state index in [0.717, 1.165) is 10.5 Å². The first-order valence-corrected chi connectivity index (χ1v) is 5.76. The number of rotatable bonds is 2. The molecule has 0 aliphatic heterocycles. The van der Waals surface area contributed by atoms with Gasteiger partial charge in [-0.25, -0.2) is 4.98 Å². The Morgan fingerprint density at radius 1 is 1.67 bits per heavy atom. The van der Waals surface area contributed by atoms with Crippen molar-refractivity contribution >= 4 is 27.3 Å². The molecular weight excluding hydrogens is 236 g/mol. The molecule has 2 N–H and O–H groups in total. The fourth-order valence-corrected chi connectivity index (χ4v) is 2.80. The molecule has 2 rings (SSSR count). The highest BCUT2D eigenvalue weighted by atomic mass is 79.9. The molecule has 1 fully saturated rings. The first-order valence-electron chi connectivity index (χ1n) is 4.08. The van der Waals surface area contributed by atoms with Gasteiger partial charge in [0.05, 0.1) is 5.69 Å². The van der Waals surface area contributed by atoms with E-state index in [-0.39, 0.29) is 5.41 Å². The minimum absolute atomic E-state index is 0.225. The van der Waals surface area contributed by atoms with Gasteiger partial charge in [0.25, 0.3) is 0 Å². The maximum Gasteiger partial charge on any atom is 0.159 e. The Labute approximate surface area is 84.3 Å². The molecule has 1 aliphatic carbocycles. The third kappa shape index (κ3) is 1.22.